The predicted octanol–water partition coefficient (Wildman–Crippen LogP) is 3.57. The van der Waals surface area contributed by atoms with E-state index in [1.807, 2.05) is 35.9 Å². The van der Waals surface area contributed by atoms with Crippen LogP contribution in [0, 0.1) is 6.92 Å². The lowest BCUT2D eigenvalue weighted by atomic mass is 10.1. The summed E-state index contributed by atoms with van der Waals surface area (Å²) >= 11 is 1.38. The van der Waals surface area contributed by atoms with Crippen molar-refractivity contribution in [2.75, 3.05) is 11.1 Å². The second-order valence-corrected chi connectivity index (χ2v) is 9.77. The molecule has 10 nitrogen and oxygen atoms in total. The molecule has 11 heteroatoms. The van der Waals surface area contributed by atoms with E-state index in [2.05, 4.69) is 51.2 Å². The molecule has 0 radical (unpaired) electrons. The molecule has 1 aromatic carbocycles. The second kappa shape index (κ2) is 7.24. The van der Waals surface area contributed by atoms with Gasteiger partial charge in [0.2, 0.25) is 5.13 Å². The van der Waals surface area contributed by atoms with Crippen LogP contribution in [0.5, 0.6) is 0 Å². The monoisotopic (exact) mass is 449 g/mol. The Labute approximate surface area is 187 Å². The first-order valence-electron chi connectivity index (χ1n) is 10.1. The van der Waals surface area contributed by atoms with Gasteiger partial charge in [-0.05, 0) is 45.2 Å². The van der Waals surface area contributed by atoms with Gasteiger partial charge in [-0.15, -0.1) is 10.2 Å². The highest BCUT2D eigenvalue weighted by molar-refractivity contribution is 7.15. The lowest BCUT2D eigenvalue weighted by molar-refractivity contribution is 0.204. The standard InChI is InChI=1S/C21H23N9OS/c1-10-27-28-20(32-10)26-19(31)14-7-11-5-6-12(8-13(11)25-14)16-15-17(22)23-9-24-18(15)30(29-16)21(2,3)4/h5-9,19,25,31H,1-4H3,(H,26,28)(H2,22,23,24). The number of aromatic amines is 1. The van der Waals surface area contributed by atoms with Crippen molar-refractivity contribution in [2.45, 2.75) is 39.5 Å². The molecule has 5 N–H and O–H groups in total. The van der Waals surface area contributed by atoms with Gasteiger partial charge in [-0.2, -0.15) is 5.10 Å². The number of hydrogen-bond acceptors (Lipinski definition) is 9. The van der Waals surface area contributed by atoms with E-state index in [0.29, 0.717) is 28.0 Å². The number of aromatic nitrogens is 7. The number of fused-ring (bicyclic) bond motifs is 2. The summed E-state index contributed by atoms with van der Waals surface area (Å²) in [5, 5.41) is 29.4. The Hall–Kier alpha value is -3.57. The molecule has 0 spiro atoms. The number of aliphatic hydroxyl groups is 1. The van der Waals surface area contributed by atoms with Gasteiger partial charge in [0.15, 0.2) is 11.9 Å². The minimum atomic E-state index is -0.942. The van der Waals surface area contributed by atoms with E-state index in [4.69, 9.17) is 10.8 Å². The quantitative estimate of drug-likeness (QED) is 0.305. The van der Waals surface area contributed by atoms with Crippen molar-refractivity contribution in [3.05, 3.63) is 41.3 Å². The highest BCUT2D eigenvalue weighted by Crippen LogP contribution is 2.34. The molecular weight excluding hydrogens is 426 g/mol. The van der Waals surface area contributed by atoms with Crippen molar-refractivity contribution in [1.29, 1.82) is 0 Å². The molecule has 164 valence electrons. The van der Waals surface area contributed by atoms with Gasteiger partial charge in [-0.3, -0.25) is 0 Å². The van der Waals surface area contributed by atoms with Crippen molar-refractivity contribution in [3.63, 3.8) is 0 Å². The zero-order valence-corrected chi connectivity index (χ0v) is 18.9. The highest BCUT2D eigenvalue weighted by atomic mass is 32.1. The average molecular weight is 450 g/mol. The molecule has 0 amide bonds. The third-order valence-corrected chi connectivity index (χ3v) is 5.90. The van der Waals surface area contributed by atoms with E-state index in [-0.39, 0.29) is 5.54 Å². The van der Waals surface area contributed by atoms with E-state index in [0.717, 1.165) is 26.9 Å². The van der Waals surface area contributed by atoms with Crippen LogP contribution < -0.4 is 11.1 Å². The van der Waals surface area contributed by atoms with Gasteiger partial charge < -0.3 is 21.1 Å². The van der Waals surface area contributed by atoms with Gasteiger partial charge in [0.25, 0.3) is 0 Å². The van der Waals surface area contributed by atoms with Gasteiger partial charge in [-0.1, -0.05) is 23.5 Å². The summed E-state index contributed by atoms with van der Waals surface area (Å²) in [5.74, 6) is 0.389. The number of nitrogens with one attached hydrogen (secondary N) is 2. The van der Waals surface area contributed by atoms with Crippen molar-refractivity contribution >= 4 is 44.2 Å². The van der Waals surface area contributed by atoms with E-state index in [9.17, 15) is 5.11 Å². The summed E-state index contributed by atoms with van der Waals surface area (Å²) in [5.41, 5.74) is 9.71. The number of hydrogen-bond donors (Lipinski definition) is 4. The Bertz CT molecular complexity index is 1440. The van der Waals surface area contributed by atoms with Crippen molar-refractivity contribution in [3.8, 4) is 11.3 Å². The summed E-state index contributed by atoms with van der Waals surface area (Å²) in [4.78, 5) is 11.9. The highest BCUT2D eigenvalue weighted by Gasteiger charge is 2.24. The molecule has 1 unspecified atom stereocenters. The smallest absolute Gasteiger partial charge is 0.207 e. The molecule has 32 heavy (non-hydrogen) atoms. The van der Waals surface area contributed by atoms with Crippen LogP contribution in [0.25, 0.3) is 33.2 Å². The Morgan fingerprint density at radius 3 is 2.72 bits per heavy atom. The Balaban J connectivity index is 1.57. The molecule has 0 fully saturated rings. The van der Waals surface area contributed by atoms with Crippen LogP contribution in [0.1, 0.15) is 37.7 Å². The van der Waals surface area contributed by atoms with Crippen molar-refractivity contribution < 1.29 is 5.11 Å². The van der Waals surface area contributed by atoms with Crippen LogP contribution in [-0.2, 0) is 5.54 Å². The fraction of sp³-hybridized carbons (Fsp3) is 0.286. The molecule has 5 aromatic rings. The van der Waals surface area contributed by atoms with Gasteiger partial charge in [-0.25, -0.2) is 14.6 Å². The maximum atomic E-state index is 10.6. The van der Waals surface area contributed by atoms with Crippen molar-refractivity contribution in [1.82, 2.24) is 34.9 Å². The summed E-state index contributed by atoms with van der Waals surface area (Å²) in [6, 6.07) is 7.85. The van der Waals surface area contributed by atoms with Gasteiger partial charge in [0, 0.05) is 11.1 Å². The topological polar surface area (TPSA) is 143 Å². The zero-order chi connectivity index (χ0) is 22.6. The number of nitrogens with two attached hydrogens (primary N) is 1. The minimum Gasteiger partial charge on any atom is -0.383 e. The molecule has 4 heterocycles. The second-order valence-electron chi connectivity index (χ2n) is 8.59. The predicted molar refractivity (Wildman–Crippen MR) is 125 cm³/mol. The van der Waals surface area contributed by atoms with Crippen LogP contribution in [-0.4, -0.2) is 40.0 Å². The summed E-state index contributed by atoms with van der Waals surface area (Å²) < 4.78 is 1.87. The third-order valence-electron chi connectivity index (χ3n) is 5.13. The number of benzene rings is 1. The molecule has 0 saturated heterocycles. The number of H-pyrrole nitrogens is 1. The molecule has 0 aliphatic carbocycles. The number of rotatable bonds is 4. The molecule has 0 saturated carbocycles. The van der Waals surface area contributed by atoms with Crippen LogP contribution in [0.15, 0.2) is 30.6 Å². The molecule has 5 rings (SSSR count). The fourth-order valence-electron chi connectivity index (χ4n) is 3.64. The van der Waals surface area contributed by atoms with Crippen molar-refractivity contribution in [2.24, 2.45) is 0 Å². The summed E-state index contributed by atoms with van der Waals surface area (Å²) in [7, 11) is 0. The summed E-state index contributed by atoms with van der Waals surface area (Å²) in [6.45, 7) is 8.06. The lowest BCUT2D eigenvalue weighted by Gasteiger charge is -2.19. The van der Waals surface area contributed by atoms with Crippen LogP contribution in [0.4, 0.5) is 10.9 Å². The van der Waals surface area contributed by atoms with Crippen LogP contribution >= 0.6 is 11.3 Å². The molecule has 0 bridgehead atoms. The van der Waals surface area contributed by atoms with Gasteiger partial charge >= 0.3 is 0 Å². The van der Waals surface area contributed by atoms with Gasteiger partial charge in [0.05, 0.1) is 16.6 Å². The fourth-order valence-corrected chi connectivity index (χ4v) is 4.25. The molecule has 0 aliphatic rings. The SMILES string of the molecule is Cc1nnc(NC(O)c2cc3ccc(-c4nn(C(C)(C)C)c5ncnc(N)c45)cc3[nH]2)s1. The Morgan fingerprint density at radius 1 is 1.19 bits per heavy atom. The summed E-state index contributed by atoms with van der Waals surface area (Å²) in [6.07, 6.45) is 0.516. The number of nitrogens with zero attached hydrogens (tertiary/aromatic N) is 6. The number of nitrogen functional groups attached to an aromatic ring is 1. The van der Waals surface area contributed by atoms with E-state index >= 15 is 0 Å². The average Bonchev–Trinajstić information content (AvgIpc) is 3.43. The Morgan fingerprint density at radius 2 is 2.00 bits per heavy atom. The maximum absolute atomic E-state index is 10.6. The first-order chi connectivity index (χ1) is 15.2. The first kappa shape index (κ1) is 20.3. The van der Waals surface area contributed by atoms with Crippen LogP contribution in [0.2, 0.25) is 0 Å². The minimum absolute atomic E-state index is 0.278. The normalized spacial score (nSPS) is 13.2. The third kappa shape index (κ3) is 3.45. The number of anilines is 2. The van der Waals surface area contributed by atoms with E-state index in [1.165, 1.54) is 17.7 Å². The molecule has 1 atom stereocenters. The maximum Gasteiger partial charge on any atom is 0.207 e. The van der Waals surface area contributed by atoms with E-state index < -0.39 is 6.23 Å². The van der Waals surface area contributed by atoms with Gasteiger partial charge in [0.1, 0.15) is 22.8 Å². The number of aliphatic hydroxyl groups excluding tert-OH is 1. The van der Waals surface area contributed by atoms with E-state index in [1.54, 1.807) is 0 Å². The lowest BCUT2D eigenvalue weighted by Crippen LogP contribution is -2.23. The Kier molecular flexibility index (Phi) is 4.60. The molecule has 0 aliphatic heterocycles. The first-order valence-corrected chi connectivity index (χ1v) is 10.9. The molecular formula is C21H23N9OS. The van der Waals surface area contributed by atoms with Crippen LogP contribution in [0.3, 0.4) is 0 Å². The largest absolute Gasteiger partial charge is 0.383 e. The number of aryl methyl sites for hydroxylation is 1. The zero-order valence-electron chi connectivity index (χ0n) is 18.1. The molecule has 4 aromatic heterocycles.